The first kappa shape index (κ1) is 20.8. The maximum atomic E-state index is 12.5. The van der Waals surface area contributed by atoms with Crippen LogP contribution in [-0.4, -0.2) is 19.4 Å². The van der Waals surface area contributed by atoms with Gasteiger partial charge >= 0.3 is 6.03 Å². The fraction of sp³-hybridized carbons (Fsp3) is 0.0500. The summed E-state index contributed by atoms with van der Waals surface area (Å²) in [5.74, 6) is 0. The van der Waals surface area contributed by atoms with Crippen molar-refractivity contribution in [1.82, 2.24) is 0 Å². The van der Waals surface area contributed by atoms with Gasteiger partial charge in [-0.15, -0.1) is 0 Å². The number of urea groups is 1. The third kappa shape index (κ3) is 5.32. The van der Waals surface area contributed by atoms with E-state index in [2.05, 4.69) is 15.4 Å². The average Bonchev–Trinajstić information content (AvgIpc) is 2.68. The lowest BCUT2D eigenvalue weighted by Crippen LogP contribution is -2.19. The van der Waals surface area contributed by atoms with Crippen molar-refractivity contribution in [3.63, 3.8) is 0 Å². The van der Waals surface area contributed by atoms with Gasteiger partial charge in [0.25, 0.3) is 15.7 Å². The number of sulfonamides is 1. The number of aryl methyl sites for hydroxylation is 1. The van der Waals surface area contributed by atoms with E-state index in [1.165, 1.54) is 48.5 Å². The van der Waals surface area contributed by atoms with Crippen molar-refractivity contribution in [3.05, 3.63) is 88.5 Å². The molecular formula is C20H18N4O5S. The van der Waals surface area contributed by atoms with Gasteiger partial charge in [0.05, 0.1) is 9.82 Å². The summed E-state index contributed by atoms with van der Waals surface area (Å²) in [6, 6.07) is 17.4. The van der Waals surface area contributed by atoms with Gasteiger partial charge in [-0.25, -0.2) is 13.2 Å². The molecule has 154 valence electrons. The Bertz CT molecular complexity index is 1180. The van der Waals surface area contributed by atoms with Crippen LogP contribution in [0.5, 0.6) is 0 Å². The molecule has 9 nitrogen and oxygen atoms in total. The van der Waals surface area contributed by atoms with Gasteiger partial charge < -0.3 is 10.6 Å². The van der Waals surface area contributed by atoms with Crippen LogP contribution >= 0.6 is 0 Å². The highest BCUT2D eigenvalue weighted by Crippen LogP contribution is 2.20. The molecule has 0 bridgehead atoms. The molecule has 0 atom stereocenters. The Morgan fingerprint density at radius 1 is 0.867 bits per heavy atom. The number of non-ortho nitro benzene ring substituents is 1. The smallest absolute Gasteiger partial charge is 0.308 e. The minimum atomic E-state index is -3.77. The number of anilines is 3. The molecule has 0 fully saturated rings. The minimum absolute atomic E-state index is 0.0466. The fourth-order valence-electron chi connectivity index (χ4n) is 2.60. The van der Waals surface area contributed by atoms with E-state index < -0.39 is 21.0 Å². The molecule has 3 N–H and O–H groups in total. The van der Waals surface area contributed by atoms with E-state index in [0.717, 1.165) is 5.56 Å². The second kappa shape index (κ2) is 8.62. The third-order valence-electron chi connectivity index (χ3n) is 4.03. The highest BCUT2D eigenvalue weighted by Gasteiger charge is 2.14. The van der Waals surface area contributed by atoms with E-state index in [9.17, 15) is 23.3 Å². The predicted molar refractivity (Wildman–Crippen MR) is 114 cm³/mol. The lowest BCUT2D eigenvalue weighted by molar-refractivity contribution is -0.384. The Hall–Kier alpha value is -3.92. The normalized spacial score (nSPS) is 10.8. The van der Waals surface area contributed by atoms with Crippen LogP contribution in [0.1, 0.15) is 5.56 Å². The number of nitrogens with zero attached hydrogens (tertiary/aromatic N) is 1. The predicted octanol–water partition coefficient (Wildman–Crippen LogP) is 4.35. The van der Waals surface area contributed by atoms with Gasteiger partial charge in [-0.1, -0.05) is 12.1 Å². The van der Waals surface area contributed by atoms with Crippen molar-refractivity contribution in [2.45, 2.75) is 11.8 Å². The Labute approximate surface area is 173 Å². The monoisotopic (exact) mass is 426 g/mol. The molecule has 30 heavy (non-hydrogen) atoms. The lowest BCUT2D eigenvalue weighted by atomic mass is 10.2. The summed E-state index contributed by atoms with van der Waals surface area (Å²) in [7, 11) is -3.77. The third-order valence-corrected chi connectivity index (χ3v) is 5.43. The zero-order valence-corrected chi connectivity index (χ0v) is 16.6. The molecule has 0 heterocycles. The van der Waals surface area contributed by atoms with Gasteiger partial charge in [-0.2, -0.15) is 0 Å². The molecule has 0 saturated heterocycles. The average molecular weight is 426 g/mol. The fourth-order valence-corrected chi connectivity index (χ4v) is 3.65. The van der Waals surface area contributed by atoms with Gasteiger partial charge in [0, 0.05) is 29.2 Å². The molecule has 0 unspecified atom stereocenters. The van der Waals surface area contributed by atoms with Gasteiger partial charge in [-0.05, 0) is 61.0 Å². The number of nitrogens with one attached hydrogen (secondary N) is 3. The maximum absolute atomic E-state index is 12.5. The molecule has 0 aliphatic rings. The van der Waals surface area contributed by atoms with E-state index in [0.29, 0.717) is 17.1 Å². The van der Waals surface area contributed by atoms with E-state index in [-0.39, 0.29) is 10.6 Å². The Balaban J connectivity index is 1.63. The molecule has 3 aromatic rings. The van der Waals surface area contributed by atoms with Crippen molar-refractivity contribution < 1.29 is 18.1 Å². The molecule has 10 heteroatoms. The molecule has 0 spiro atoms. The summed E-state index contributed by atoms with van der Waals surface area (Å²) in [6.07, 6.45) is 0. The Kier molecular flexibility index (Phi) is 5.98. The van der Waals surface area contributed by atoms with Crippen LogP contribution in [0.25, 0.3) is 0 Å². The SMILES string of the molecule is Cc1cccc(NS(=O)(=O)c2ccc(NC(=O)Nc3ccc([N+](=O)[O-])cc3)cc2)c1. The van der Waals surface area contributed by atoms with Crippen LogP contribution < -0.4 is 15.4 Å². The van der Waals surface area contributed by atoms with Crippen molar-refractivity contribution in [2.24, 2.45) is 0 Å². The van der Waals surface area contributed by atoms with Crippen molar-refractivity contribution in [3.8, 4) is 0 Å². The lowest BCUT2D eigenvalue weighted by Gasteiger charge is -2.10. The van der Waals surface area contributed by atoms with Crippen LogP contribution in [0.4, 0.5) is 27.5 Å². The number of carbonyl (C=O) groups is 1. The van der Waals surface area contributed by atoms with Crippen LogP contribution in [0.15, 0.2) is 77.7 Å². The van der Waals surface area contributed by atoms with Gasteiger partial charge in [0.1, 0.15) is 0 Å². The molecule has 3 aromatic carbocycles. The Morgan fingerprint density at radius 2 is 1.43 bits per heavy atom. The first-order chi connectivity index (χ1) is 14.2. The topological polar surface area (TPSA) is 130 Å². The summed E-state index contributed by atoms with van der Waals surface area (Å²) < 4.78 is 27.5. The van der Waals surface area contributed by atoms with Crippen LogP contribution in [0.2, 0.25) is 0 Å². The quantitative estimate of drug-likeness (QED) is 0.398. The van der Waals surface area contributed by atoms with E-state index in [1.807, 2.05) is 13.0 Å². The first-order valence-electron chi connectivity index (χ1n) is 8.75. The number of nitro groups is 1. The van der Waals surface area contributed by atoms with Crippen molar-refractivity contribution in [2.75, 3.05) is 15.4 Å². The van der Waals surface area contributed by atoms with E-state index in [1.54, 1.807) is 18.2 Å². The van der Waals surface area contributed by atoms with Crippen LogP contribution in [0, 0.1) is 17.0 Å². The van der Waals surface area contributed by atoms with E-state index in [4.69, 9.17) is 0 Å². The van der Waals surface area contributed by atoms with Crippen molar-refractivity contribution in [1.29, 1.82) is 0 Å². The molecule has 0 radical (unpaired) electrons. The number of hydrogen-bond donors (Lipinski definition) is 3. The first-order valence-corrected chi connectivity index (χ1v) is 10.2. The van der Waals surface area contributed by atoms with Crippen LogP contribution in [-0.2, 0) is 10.0 Å². The summed E-state index contributed by atoms with van der Waals surface area (Å²) in [5.41, 5.74) is 2.05. The summed E-state index contributed by atoms with van der Waals surface area (Å²) in [6.45, 7) is 1.86. The highest BCUT2D eigenvalue weighted by molar-refractivity contribution is 7.92. The molecular weight excluding hydrogens is 408 g/mol. The number of benzene rings is 3. The number of carbonyl (C=O) groups excluding carboxylic acids is 1. The van der Waals surface area contributed by atoms with Crippen LogP contribution in [0.3, 0.4) is 0 Å². The summed E-state index contributed by atoms with van der Waals surface area (Å²) in [4.78, 5) is 22.2. The number of rotatable bonds is 6. The zero-order valence-electron chi connectivity index (χ0n) is 15.8. The largest absolute Gasteiger partial charge is 0.323 e. The number of nitro benzene ring substituents is 1. The Morgan fingerprint density at radius 3 is 1.97 bits per heavy atom. The molecule has 0 aliphatic heterocycles. The van der Waals surface area contributed by atoms with E-state index >= 15 is 0 Å². The van der Waals surface area contributed by atoms with Gasteiger partial charge in [0.15, 0.2) is 0 Å². The number of hydrogen-bond acceptors (Lipinski definition) is 5. The summed E-state index contributed by atoms with van der Waals surface area (Å²) in [5, 5.41) is 15.8. The number of amides is 2. The van der Waals surface area contributed by atoms with Crippen molar-refractivity contribution >= 4 is 38.8 Å². The standard InChI is InChI=1S/C20H18N4O5S/c1-14-3-2-4-17(13-14)23-30(28,29)19-11-7-16(8-12-19)22-20(25)21-15-5-9-18(10-6-15)24(26)27/h2-13,23H,1H3,(H2,21,22,25). The zero-order chi connectivity index (χ0) is 21.7. The molecule has 0 aromatic heterocycles. The molecule has 3 rings (SSSR count). The second-order valence-corrected chi connectivity index (χ2v) is 8.06. The highest BCUT2D eigenvalue weighted by atomic mass is 32.2. The minimum Gasteiger partial charge on any atom is -0.308 e. The molecule has 0 saturated carbocycles. The van der Waals surface area contributed by atoms with Gasteiger partial charge in [-0.3, -0.25) is 14.8 Å². The summed E-state index contributed by atoms with van der Waals surface area (Å²) >= 11 is 0. The molecule has 0 aliphatic carbocycles. The molecule has 2 amide bonds. The maximum Gasteiger partial charge on any atom is 0.323 e. The van der Waals surface area contributed by atoms with Gasteiger partial charge in [0.2, 0.25) is 0 Å². The second-order valence-electron chi connectivity index (χ2n) is 6.38.